The van der Waals surface area contributed by atoms with Crippen molar-refractivity contribution in [1.82, 2.24) is 4.90 Å². The molecule has 2 heterocycles. The fraction of sp³-hybridized carbons (Fsp3) is 0.480. The molecule has 2 aliphatic heterocycles. The molecule has 0 unspecified atom stereocenters. The first-order valence-corrected chi connectivity index (χ1v) is 11.8. The van der Waals surface area contributed by atoms with E-state index in [4.69, 9.17) is 27.9 Å². The van der Waals surface area contributed by atoms with Crippen LogP contribution < -0.4 is 4.90 Å². The van der Waals surface area contributed by atoms with E-state index in [0.717, 1.165) is 49.3 Å². The van der Waals surface area contributed by atoms with Crippen molar-refractivity contribution in [3.63, 3.8) is 0 Å². The summed E-state index contributed by atoms with van der Waals surface area (Å²) in [4.78, 5) is 16.2. The zero-order chi connectivity index (χ0) is 23.0. The van der Waals surface area contributed by atoms with Crippen molar-refractivity contribution >= 4 is 34.9 Å². The average Bonchev–Trinajstić information content (AvgIpc) is 2.72. The molecule has 0 spiro atoms. The summed E-state index contributed by atoms with van der Waals surface area (Å²) in [5.74, 6) is -0.0849. The molecule has 2 fully saturated rings. The number of nitrogens with zero attached hydrogens (tertiary/aromatic N) is 2. The number of likely N-dealkylation sites (tertiary alicyclic amines) is 1. The lowest BCUT2D eigenvalue weighted by molar-refractivity contribution is -0.147. The molecular weight excluding hydrogens is 450 g/mol. The number of piperidine rings is 1. The van der Waals surface area contributed by atoms with E-state index in [1.807, 2.05) is 0 Å². The van der Waals surface area contributed by atoms with E-state index in [1.54, 1.807) is 18.2 Å². The summed E-state index contributed by atoms with van der Waals surface area (Å²) >= 11 is 12.5. The number of methoxy groups -OCH3 is 1. The number of rotatable bonds is 5. The van der Waals surface area contributed by atoms with Gasteiger partial charge in [-0.15, -0.1) is 0 Å². The second-order valence-corrected chi connectivity index (χ2v) is 9.88. The lowest BCUT2D eigenvalue weighted by Gasteiger charge is -2.48. The van der Waals surface area contributed by atoms with E-state index >= 15 is 4.39 Å². The molecule has 7 heteroatoms. The highest BCUT2D eigenvalue weighted by molar-refractivity contribution is 6.36. The Kier molecular flexibility index (Phi) is 6.71. The number of esters is 1. The number of hydrogen-bond acceptors (Lipinski definition) is 4. The monoisotopic (exact) mass is 478 g/mol. The normalized spacial score (nSPS) is 19.0. The summed E-state index contributed by atoms with van der Waals surface area (Å²) in [5, 5.41) is 0.749. The van der Waals surface area contributed by atoms with Crippen LogP contribution in [0.1, 0.15) is 35.1 Å². The molecule has 0 aromatic heterocycles. The number of alkyl halides is 1. The summed E-state index contributed by atoms with van der Waals surface area (Å²) in [7, 11) is 1.45. The van der Waals surface area contributed by atoms with Gasteiger partial charge in [-0.1, -0.05) is 41.4 Å². The first-order chi connectivity index (χ1) is 15.2. The molecule has 0 atom stereocenters. The van der Waals surface area contributed by atoms with Crippen LogP contribution in [0.5, 0.6) is 0 Å². The summed E-state index contributed by atoms with van der Waals surface area (Å²) in [5.41, 5.74) is 3.43. The zero-order valence-electron chi connectivity index (χ0n) is 18.8. The van der Waals surface area contributed by atoms with Gasteiger partial charge in [0.1, 0.15) is 0 Å². The number of carbonyl (C=O) groups is 1. The van der Waals surface area contributed by atoms with Crippen molar-refractivity contribution in [2.45, 2.75) is 38.9 Å². The van der Waals surface area contributed by atoms with Gasteiger partial charge in [-0.25, -0.2) is 4.39 Å². The minimum Gasteiger partial charge on any atom is -0.469 e. The van der Waals surface area contributed by atoms with E-state index in [2.05, 4.69) is 35.8 Å². The van der Waals surface area contributed by atoms with Gasteiger partial charge in [0.05, 0.1) is 26.1 Å². The zero-order valence-corrected chi connectivity index (χ0v) is 20.3. The highest BCUT2D eigenvalue weighted by atomic mass is 35.5. The van der Waals surface area contributed by atoms with Crippen LogP contribution in [0.25, 0.3) is 0 Å². The number of carbonyl (C=O) groups excluding carboxylic acids is 1. The Morgan fingerprint density at radius 3 is 2.22 bits per heavy atom. The Labute approximate surface area is 199 Å². The van der Waals surface area contributed by atoms with E-state index in [1.165, 1.54) is 12.7 Å². The number of ether oxygens (including phenoxy) is 1. The Bertz CT molecular complexity index is 972. The van der Waals surface area contributed by atoms with Crippen LogP contribution in [0, 0.1) is 19.8 Å². The summed E-state index contributed by atoms with van der Waals surface area (Å²) in [6.07, 6.45) is 1.67. The lowest BCUT2D eigenvalue weighted by atomic mass is 9.86. The summed E-state index contributed by atoms with van der Waals surface area (Å²) in [6.45, 7) is 7.24. The minimum absolute atomic E-state index is 0.0149. The van der Waals surface area contributed by atoms with Crippen LogP contribution >= 0.6 is 23.2 Å². The number of anilines is 1. The van der Waals surface area contributed by atoms with Gasteiger partial charge in [0.2, 0.25) is 0 Å². The molecule has 0 amide bonds. The molecule has 0 saturated carbocycles. The van der Waals surface area contributed by atoms with E-state index < -0.39 is 5.67 Å². The molecule has 2 aromatic carbocycles. The standard InChI is InChI=1S/C25H29Cl2FN2O2/c1-16-11-18(13-29-9-7-19(8-10-29)24(31)32-3)12-17(2)23(16)30-14-25(28,15-30)22-20(26)5-4-6-21(22)27/h4-6,11-12,19H,7-10,13-15H2,1-3H3. The third kappa shape index (κ3) is 4.48. The van der Waals surface area contributed by atoms with Gasteiger partial charge in [-0.3, -0.25) is 9.69 Å². The number of benzene rings is 2. The molecule has 4 nitrogen and oxygen atoms in total. The Balaban J connectivity index is 1.43. The number of aryl methyl sites for hydroxylation is 2. The molecule has 0 aliphatic carbocycles. The molecule has 32 heavy (non-hydrogen) atoms. The number of hydrogen-bond donors (Lipinski definition) is 0. The molecule has 2 aromatic rings. The van der Waals surface area contributed by atoms with Gasteiger partial charge in [0.25, 0.3) is 0 Å². The van der Waals surface area contributed by atoms with Gasteiger partial charge in [0, 0.05) is 27.8 Å². The smallest absolute Gasteiger partial charge is 0.308 e. The van der Waals surface area contributed by atoms with Gasteiger partial charge in [-0.2, -0.15) is 0 Å². The van der Waals surface area contributed by atoms with E-state index in [9.17, 15) is 4.79 Å². The van der Waals surface area contributed by atoms with E-state index in [0.29, 0.717) is 15.6 Å². The predicted molar refractivity (Wildman–Crippen MR) is 127 cm³/mol. The fourth-order valence-electron chi connectivity index (χ4n) is 5.19. The van der Waals surface area contributed by atoms with Crippen molar-refractivity contribution in [3.8, 4) is 0 Å². The average molecular weight is 479 g/mol. The molecule has 2 aliphatic rings. The first-order valence-electron chi connectivity index (χ1n) is 11.0. The van der Waals surface area contributed by atoms with Gasteiger partial charge in [0.15, 0.2) is 5.67 Å². The number of halogens is 3. The van der Waals surface area contributed by atoms with Crippen molar-refractivity contribution in [2.75, 3.05) is 38.2 Å². The molecular formula is C25H29Cl2FN2O2. The van der Waals surface area contributed by atoms with Crippen LogP contribution in [0.15, 0.2) is 30.3 Å². The SMILES string of the molecule is COC(=O)C1CCN(Cc2cc(C)c(N3CC(F)(c4c(Cl)cccc4Cl)C3)c(C)c2)CC1. The van der Waals surface area contributed by atoms with Crippen LogP contribution in [-0.2, 0) is 21.7 Å². The highest BCUT2D eigenvalue weighted by Gasteiger charge is 2.48. The van der Waals surface area contributed by atoms with E-state index in [-0.39, 0.29) is 25.0 Å². The molecule has 172 valence electrons. The Morgan fingerprint density at radius 1 is 1.12 bits per heavy atom. The fourth-order valence-corrected chi connectivity index (χ4v) is 5.92. The Morgan fingerprint density at radius 2 is 1.69 bits per heavy atom. The maximum absolute atomic E-state index is 15.6. The molecule has 0 N–H and O–H groups in total. The van der Waals surface area contributed by atoms with Crippen molar-refractivity contribution in [2.24, 2.45) is 5.92 Å². The first kappa shape index (κ1) is 23.3. The predicted octanol–water partition coefficient (Wildman–Crippen LogP) is 5.68. The van der Waals surface area contributed by atoms with Gasteiger partial charge < -0.3 is 9.64 Å². The topological polar surface area (TPSA) is 32.8 Å². The quantitative estimate of drug-likeness (QED) is 0.517. The Hall–Kier alpha value is -1.82. The lowest BCUT2D eigenvalue weighted by Crippen LogP contribution is -2.57. The summed E-state index contributed by atoms with van der Waals surface area (Å²) < 4.78 is 20.5. The minimum atomic E-state index is -1.54. The molecule has 2 saturated heterocycles. The second-order valence-electron chi connectivity index (χ2n) is 9.07. The third-order valence-corrected chi connectivity index (χ3v) is 7.32. The maximum atomic E-state index is 15.6. The highest BCUT2D eigenvalue weighted by Crippen LogP contribution is 2.46. The van der Waals surface area contributed by atoms with Crippen LogP contribution in [0.2, 0.25) is 10.0 Å². The molecule has 4 rings (SSSR count). The van der Waals surface area contributed by atoms with Crippen molar-refractivity contribution < 1.29 is 13.9 Å². The maximum Gasteiger partial charge on any atom is 0.308 e. The van der Waals surface area contributed by atoms with Crippen molar-refractivity contribution in [3.05, 3.63) is 62.6 Å². The van der Waals surface area contributed by atoms with Crippen LogP contribution in [0.4, 0.5) is 10.1 Å². The molecule has 0 radical (unpaired) electrons. The third-order valence-electron chi connectivity index (χ3n) is 6.69. The summed E-state index contributed by atoms with van der Waals surface area (Å²) in [6, 6.07) is 9.49. The van der Waals surface area contributed by atoms with Crippen molar-refractivity contribution in [1.29, 1.82) is 0 Å². The van der Waals surface area contributed by atoms with Crippen LogP contribution in [-0.4, -0.2) is 44.2 Å². The van der Waals surface area contributed by atoms with Gasteiger partial charge >= 0.3 is 5.97 Å². The van der Waals surface area contributed by atoms with Crippen LogP contribution in [0.3, 0.4) is 0 Å². The largest absolute Gasteiger partial charge is 0.469 e. The molecule has 0 bridgehead atoms. The van der Waals surface area contributed by atoms with Gasteiger partial charge in [-0.05, 0) is 68.6 Å². The second kappa shape index (κ2) is 9.20.